The molecule has 1 aliphatic heterocycles. The highest BCUT2D eigenvalue weighted by molar-refractivity contribution is 5.58. The molecule has 2 aromatic heterocycles. The fourth-order valence-corrected chi connectivity index (χ4v) is 2.99. The number of hydrogen-bond donors (Lipinski definition) is 1. The molecule has 1 atom stereocenters. The van der Waals surface area contributed by atoms with Crippen LogP contribution in [0.1, 0.15) is 23.8 Å². The van der Waals surface area contributed by atoms with Crippen molar-refractivity contribution in [2.45, 2.75) is 38.9 Å². The van der Waals surface area contributed by atoms with Gasteiger partial charge >= 0.3 is 0 Å². The quantitative estimate of drug-likeness (QED) is 0.801. The molecular weight excluding hydrogens is 290 g/mol. The van der Waals surface area contributed by atoms with Crippen molar-refractivity contribution in [2.24, 2.45) is 0 Å². The van der Waals surface area contributed by atoms with Crippen molar-refractivity contribution in [2.75, 3.05) is 0 Å². The molecule has 6 heteroatoms. The van der Waals surface area contributed by atoms with E-state index in [4.69, 9.17) is 4.52 Å². The van der Waals surface area contributed by atoms with E-state index in [0.717, 1.165) is 48.1 Å². The van der Waals surface area contributed by atoms with Gasteiger partial charge in [0.25, 0.3) is 0 Å². The van der Waals surface area contributed by atoms with Gasteiger partial charge in [-0.1, -0.05) is 35.5 Å². The summed E-state index contributed by atoms with van der Waals surface area (Å²) < 4.78 is 7.44. The van der Waals surface area contributed by atoms with Crippen LogP contribution in [0.25, 0.3) is 11.3 Å². The number of hydrogen-bond acceptors (Lipinski definition) is 5. The van der Waals surface area contributed by atoms with E-state index < -0.39 is 0 Å². The number of fused-ring (bicyclic) bond motifs is 1. The predicted molar refractivity (Wildman–Crippen MR) is 85.6 cm³/mol. The molecular formula is C17H19N5O. The molecule has 0 saturated heterocycles. The Morgan fingerprint density at radius 3 is 3.04 bits per heavy atom. The molecule has 0 unspecified atom stereocenters. The van der Waals surface area contributed by atoms with E-state index in [-0.39, 0.29) is 0 Å². The Morgan fingerprint density at radius 1 is 1.30 bits per heavy atom. The molecule has 1 aromatic carbocycles. The zero-order chi connectivity index (χ0) is 15.6. The average molecular weight is 309 g/mol. The van der Waals surface area contributed by atoms with Crippen LogP contribution in [0.4, 0.5) is 0 Å². The second-order valence-electron chi connectivity index (χ2n) is 5.92. The lowest BCUT2D eigenvalue weighted by Crippen LogP contribution is -2.37. The molecule has 1 N–H and O–H groups in total. The second-order valence-corrected chi connectivity index (χ2v) is 5.92. The first kappa shape index (κ1) is 14.1. The third kappa shape index (κ3) is 3.03. The van der Waals surface area contributed by atoms with Gasteiger partial charge in [-0.05, 0) is 13.3 Å². The predicted octanol–water partition coefficient (Wildman–Crippen LogP) is 2.35. The maximum atomic E-state index is 5.44. The van der Waals surface area contributed by atoms with E-state index >= 15 is 0 Å². The maximum Gasteiger partial charge on any atom is 0.151 e. The summed E-state index contributed by atoms with van der Waals surface area (Å²) in [5.74, 6) is 2.79. The van der Waals surface area contributed by atoms with Crippen LogP contribution in [-0.4, -0.2) is 26.0 Å². The highest BCUT2D eigenvalue weighted by atomic mass is 16.5. The van der Waals surface area contributed by atoms with Gasteiger partial charge in [0.1, 0.15) is 17.3 Å². The van der Waals surface area contributed by atoms with Crippen LogP contribution in [0.15, 0.2) is 40.9 Å². The average Bonchev–Trinajstić information content (AvgIpc) is 3.18. The molecule has 0 spiro atoms. The van der Waals surface area contributed by atoms with Crippen molar-refractivity contribution in [1.82, 2.24) is 25.2 Å². The molecule has 3 heterocycles. The summed E-state index contributed by atoms with van der Waals surface area (Å²) in [6.07, 6.45) is 2.03. The highest BCUT2D eigenvalue weighted by Gasteiger charge is 2.20. The van der Waals surface area contributed by atoms with Gasteiger partial charge in [0.05, 0.1) is 13.1 Å². The summed E-state index contributed by atoms with van der Waals surface area (Å²) in [6.45, 7) is 3.47. The number of rotatable bonds is 4. The number of aryl methyl sites for hydroxylation is 2. The fraction of sp³-hybridized carbons (Fsp3) is 0.353. The van der Waals surface area contributed by atoms with Crippen LogP contribution in [0.3, 0.4) is 0 Å². The number of aromatic nitrogens is 4. The molecule has 118 valence electrons. The third-order valence-corrected chi connectivity index (χ3v) is 4.16. The number of nitrogens with zero attached hydrogens (tertiary/aromatic N) is 4. The van der Waals surface area contributed by atoms with Crippen molar-refractivity contribution in [1.29, 1.82) is 0 Å². The Hall–Kier alpha value is -2.47. The zero-order valence-electron chi connectivity index (χ0n) is 13.1. The lowest BCUT2D eigenvalue weighted by molar-refractivity contribution is 0.325. The van der Waals surface area contributed by atoms with Gasteiger partial charge in [0.15, 0.2) is 5.76 Å². The van der Waals surface area contributed by atoms with Crippen molar-refractivity contribution < 1.29 is 4.52 Å². The zero-order valence-corrected chi connectivity index (χ0v) is 13.1. The molecule has 0 saturated carbocycles. The normalized spacial score (nSPS) is 17.2. The second kappa shape index (κ2) is 5.96. The summed E-state index contributed by atoms with van der Waals surface area (Å²) in [7, 11) is 0. The Labute approximate surface area is 134 Å². The summed E-state index contributed by atoms with van der Waals surface area (Å²) in [5, 5.41) is 12.1. The van der Waals surface area contributed by atoms with Gasteiger partial charge in [-0.2, -0.15) is 5.10 Å². The van der Waals surface area contributed by atoms with Gasteiger partial charge in [0.2, 0.25) is 0 Å². The van der Waals surface area contributed by atoms with Gasteiger partial charge in [-0.15, -0.1) is 0 Å². The molecule has 4 rings (SSSR count). The van der Waals surface area contributed by atoms with Gasteiger partial charge in [-0.25, -0.2) is 9.67 Å². The van der Waals surface area contributed by atoms with E-state index in [0.29, 0.717) is 12.6 Å². The first-order chi connectivity index (χ1) is 11.3. The van der Waals surface area contributed by atoms with E-state index in [1.54, 1.807) is 0 Å². The lowest BCUT2D eigenvalue weighted by atomic mass is 10.1. The van der Waals surface area contributed by atoms with Crippen molar-refractivity contribution in [3.8, 4) is 11.3 Å². The molecule has 1 aliphatic rings. The van der Waals surface area contributed by atoms with Crippen LogP contribution in [0.5, 0.6) is 0 Å². The Bertz CT molecular complexity index is 792. The van der Waals surface area contributed by atoms with Gasteiger partial charge in [-0.3, -0.25) is 0 Å². The number of benzene rings is 1. The van der Waals surface area contributed by atoms with Crippen LogP contribution < -0.4 is 5.32 Å². The first-order valence-electron chi connectivity index (χ1n) is 7.92. The van der Waals surface area contributed by atoms with Crippen LogP contribution in [0, 0.1) is 6.92 Å². The molecule has 23 heavy (non-hydrogen) atoms. The van der Waals surface area contributed by atoms with E-state index in [1.165, 1.54) is 0 Å². The SMILES string of the molecule is Cc1nc2n(n1)C[C@H](NCc1cc(-c3ccccc3)no1)CC2. The Morgan fingerprint density at radius 2 is 2.17 bits per heavy atom. The summed E-state index contributed by atoms with van der Waals surface area (Å²) in [6, 6.07) is 12.4. The molecule has 0 bridgehead atoms. The maximum absolute atomic E-state index is 5.44. The molecule has 3 aromatic rings. The molecule has 0 radical (unpaired) electrons. The highest BCUT2D eigenvalue weighted by Crippen LogP contribution is 2.19. The standard InChI is InChI=1S/C17H19N5O/c1-12-19-17-8-7-14(11-22(17)20-12)18-10-15-9-16(21-23-15)13-5-3-2-4-6-13/h2-6,9,14,18H,7-8,10-11H2,1H3/t14-/m1/s1. The third-order valence-electron chi connectivity index (χ3n) is 4.16. The van der Waals surface area contributed by atoms with Crippen LogP contribution >= 0.6 is 0 Å². The molecule has 0 fully saturated rings. The summed E-state index contributed by atoms with van der Waals surface area (Å²) in [5.41, 5.74) is 1.95. The van der Waals surface area contributed by atoms with Gasteiger partial charge in [0, 0.05) is 24.1 Å². The molecule has 0 amide bonds. The molecule has 6 nitrogen and oxygen atoms in total. The Balaban J connectivity index is 1.38. The minimum absolute atomic E-state index is 0.383. The minimum atomic E-state index is 0.383. The van der Waals surface area contributed by atoms with Crippen molar-refractivity contribution in [3.63, 3.8) is 0 Å². The fourth-order valence-electron chi connectivity index (χ4n) is 2.99. The Kier molecular flexibility index (Phi) is 3.67. The van der Waals surface area contributed by atoms with E-state index in [1.807, 2.05) is 48.0 Å². The lowest BCUT2D eigenvalue weighted by Gasteiger charge is -2.23. The minimum Gasteiger partial charge on any atom is -0.359 e. The molecule has 0 aliphatic carbocycles. The summed E-state index contributed by atoms with van der Waals surface area (Å²) in [4.78, 5) is 4.44. The van der Waals surface area contributed by atoms with E-state index in [2.05, 4.69) is 20.6 Å². The van der Waals surface area contributed by atoms with Crippen LogP contribution in [0.2, 0.25) is 0 Å². The number of nitrogens with one attached hydrogen (secondary N) is 1. The topological polar surface area (TPSA) is 68.8 Å². The summed E-state index contributed by atoms with van der Waals surface area (Å²) >= 11 is 0. The largest absolute Gasteiger partial charge is 0.359 e. The van der Waals surface area contributed by atoms with Crippen LogP contribution in [-0.2, 0) is 19.5 Å². The van der Waals surface area contributed by atoms with Crippen molar-refractivity contribution in [3.05, 3.63) is 53.8 Å². The smallest absolute Gasteiger partial charge is 0.151 e. The first-order valence-corrected chi connectivity index (χ1v) is 7.92. The van der Waals surface area contributed by atoms with E-state index in [9.17, 15) is 0 Å². The monoisotopic (exact) mass is 309 g/mol. The van der Waals surface area contributed by atoms with Crippen molar-refractivity contribution >= 4 is 0 Å². The van der Waals surface area contributed by atoms with Gasteiger partial charge < -0.3 is 9.84 Å².